The van der Waals surface area contributed by atoms with Gasteiger partial charge in [-0.25, -0.2) is 4.98 Å². The van der Waals surface area contributed by atoms with E-state index in [0.29, 0.717) is 16.1 Å². The third kappa shape index (κ3) is 3.62. The molecule has 0 aliphatic heterocycles. The summed E-state index contributed by atoms with van der Waals surface area (Å²) in [6, 6.07) is 10.6. The van der Waals surface area contributed by atoms with Crippen LogP contribution in [-0.2, 0) is 20.9 Å². The molecule has 0 aliphatic carbocycles. The van der Waals surface area contributed by atoms with E-state index in [2.05, 4.69) is 4.98 Å². The molecule has 0 fully saturated rings. The number of para-hydroxylation sites is 1. The minimum Gasteiger partial charge on any atom is -0.463 e. The van der Waals surface area contributed by atoms with E-state index in [9.17, 15) is 14.4 Å². The highest BCUT2D eigenvalue weighted by atomic mass is 32.1. The fraction of sp³-hybridized carbons (Fsp3) is 0.143. The van der Waals surface area contributed by atoms with Crippen molar-refractivity contribution < 1.29 is 23.5 Å². The number of carbonyl (C=O) groups is 2. The zero-order chi connectivity index (χ0) is 20.5. The Morgan fingerprint density at radius 3 is 2.62 bits per heavy atom. The summed E-state index contributed by atoms with van der Waals surface area (Å²) in [5, 5.41) is 0.826. The van der Waals surface area contributed by atoms with Crippen LogP contribution in [0.4, 0.5) is 0 Å². The Morgan fingerprint density at radius 2 is 1.90 bits per heavy atom. The van der Waals surface area contributed by atoms with E-state index in [1.165, 1.54) is 43.6 Å². The highest BCUT2D eigenvalue weighted by Gasteiger charge is 2.19. The number of benzene rings is 2. The van der Waals surface area contributed by atoms with Crippen molar-refractivity contribution in [3.8, 4) is 16.3 Å². The Labute approximate surface area is 168 Å². The first kappa shape index (κ1) is 18.8. The lowest BCUT2D eigenvalue weighted by Gasteiger charge is -2.11. The summed E-state index contributed by atoms with van der Waals surface area (Å²) >= 11 is 1.39. The first-order valence-corrected chi connectivity index (χ1v) is 9.51. The SMILES string of the molecule is CC(=O)OCc1c(OC(C)=O)ccc2c(=O)c(-c3nc4ccccc4s3)coc12. The number of hydrogen-bond donors (Lipinski definition) is 0. The summed E-state index contributed by atoms with van der Waals surface area (Å²) in [5.74, 6) is -0.881. The molecule has 4 aromatic rings. The lowest BCUT2D eigenvalue weighted by Crippen LogP contribution is -2.10. The van der Waals surface area contributed by atoms with Gasteiger partial charge in [-0.2, -0.15) is 0 Å². The van der Waals surface area contributed by atoms with Gasteiger partial charge in [0.25, 0.3) is 0 Å². The van der Waals surface area contributed by atoms with Crippen LogP contribution in [0.5, 0.6) is 5.75 Å². The van der Waals surface area contributed by atoms with E-state index in [0.717, 1.165) is 10.2 Å². The fourth-order valence-corrected chi connectivity index (χ4v) is 3.90. The molecule has 0 atom stereocenters. The predicted molar refractivity (Wildman–Crippen MR) is 108 cm³/mol. The summed E-state index contributed by atoms with van der Waals surface area (Å²) in [5.41, 5.74) is 1.36. The molecule has 2 aromatic heterocycles. The zero-order valence-corrected chi connectivity index (χ0v) is 16.4. The smallest absolute Gasteiger partial charge is 0.308 e. The van der Waals surface area contributed by atoms with Gasteiger partial charge in [-0.1, -0.05) is 12.1 Å². The Balaban J connectivity index is 1.88. The molecule has 2 aromatic carbocycles. The molecule has 4 rings (SSSR count). The van der Waals surface area contributed by atoms with Gasteiger partial charge in [0.15, 0.2) is 0 Å². The van der Waals surface area contributed by atoms with Crippen LogP contribution in [0.3, 0.4) is 0 Å². The van der Waals surface area contributed by atoms with Crippen molar-refractivity contribution in [2.45, 2.75) is 20.5 Å². The van der Waals surface area contributed by atoms with Gasteiger partial charge in [0.2, 0.25) is 5.43 Å². The van der Waals surface area contributed by atoms with Crippen molar-refractivity contribution in [3.63, 3.8) is 0 Å². The molecule has 0 N–H and O–H groups in total. The first-order chi connectivity index (χ1) is 13.9. The second-order valence-corrected chi connectivity index (χ2v) is 7.29. The van der Waals surface area contributed by atoms with Gasteiger partial charge in [0.05, 0.1) is 26.7 Å². The second kappa shape index (κ2) is 7.48. The maximum Gasteiger partial charge on any atom is 0.308 e. The van der Waals surface area contributed by atoms with Crippen molar-refractivity contribution in [1.29, 1.82) is 0 Å². The van der Waals surface area contributed by atoms with E-state index in [4.69, 9.17) is 13.9 Å². The fourth-order valence-electron chi connectivity index (χ4n) is 2.94. The predicted octanol–water partition coefficient (Wildman–Crippen LogP) is 4.06. The minimum absolute atomic E-state index is 0.169. The number of thiazole rings is 1. The van der Waals surface area contributed by atoms with Crippen molar-refractivity contribution in [2.24, 2.45) is 0 Å². The van der Waals surface area contributed by atoms with Crippen molar-refractivity contribution in [3.05, 3.63) is 58.4 Å². The van der Waals surface area contributed by atoms with Gasteiger partial charge in [-0.3, -0.25) is 14.4 Å². The van der Waals surface area contributed by atoms with Gasteiger partial charge in [0, 0.05) is 13.8 Å². The van der Waals surface area contributed by atoms with Gasteiger partial charge >= 0.3 is 11.9 Å². The van der Waals surface area contributed by atoms with Gasteiger partial charge in [-0.15, -0.1) is 11.3 Å². The lowest BCUT2D eigenvalue weighted by molar-refractivity contribution is -0.142. The van der Waals surface area contributed by atoms with E-state index in [1.54, 1.807) is 0 Å². The number of esters is 2. The maximum atomic E-state index is 13.1. The number of ether oxygens (including phenoxy) is 2. The van der Waals surface area contributed by atoms with Crippen LogP contribution in [0.15, 0.2) is 51.9 Å². The summed E-state index contributed by atoms with van der Waals surface area (Å²) < 4.78 is 16.9. The molecule has 8 heteroatoms. The number of rotatable bonds is 4. The third-order valence-electron chi connectivity index (χ3n) is 4.20. The topological polar surface area (TPSA) is 95.7 Å². The molecule has 0 unspecified atom stereocenters. The number of hydrogen-bond acceptors (Lipinski definition) is 8. The van der Waals surface area contributed by atoms with Crippen LogP contribution in [-0.4, -0.2) is 16.9 Å². The number of carbonyl (C=O) groups excluding carboxylic acids is 2. The molecule has 0 aliphatic rings. The quantitative estimate of drug-likeness (QED) is 0.370. The lowest BCUT2D eigenvalue weighted by atomic mass is 10.1. The molecule has 0 saturated carbocycles. The van der Waals surface area contributed by atoms with Crippen LogP contribution in [0.2, 0.25) is 0 Å². The van der Waals surface area contributed by atoms with Crippen molar-refractivity contribution in [1.82, 2.24) is 4.98 Å². The molecule has 0 amide bonds. The van der Waals surface area contributed by atoms with E-state index < -0.39 is 11.9 Å². The third-order valence-corrected chi connectivity index (χ3v) is 5.27. The van der Waals surface area contributed by atoms with Gasteiger partial charge < -0.3 is 13.9 Å². The first-order valence-electron chi connectivity index (χ1n) is 8.69. The van der Waals surface area contributed by atoms with Crippen molar-refractivity contribution in [2.75, 3.05) is 0 Å². The molecule has 2 heterocycles. The van der Waals surface area contributed by atoms with E-state index >= 15 is 0 Å². The molecule has 0 saturated heterocycles. The van der Waals surface area contributed by atoms with Gasteiger partial charge in [0.1, 0.15) is 29.2 Å². The summed E-state index contributed by atoms with van der Waals surface area (Å²) in [4.78, 5) is 40.3. The largest absolute Gasteiger partial charge is 0.463 e. The van der Waals surface area contributed by atoms with Crippen LogP contribution >= 0.6 is 11.3 Å². The van der Waals surface area contributed by atoms with Gasteiger partial charge in [-0.05, 0) is 24.3 Å². The van der Waals surface area contributed by atoms with Crippen LogP contribution in [0.25, 0.3) is 31.8 Å². The normalized spacial score (nSPS) is 11.0. The van der Waals surface area contributed by atoms with Crippen LogP contribution < -0.4 is 10.2 Å². The molecule has 0 radical (unpaired) electrons. The highest BCUT2D eigenvalue weighted by Crippen LogP contribution is 2.32. The molecular formula is C21H15NO6S. The monoisotopic (exact) mass is 409 g/mol. The Kier molecular flexibility index (Phi) is 4.85. The minimum atomic E-state index is -0.540. The number of aromatic nitrogens is 1. The van der Waals surface area contributed by atoms with Crippen LogP contribution in [0.1, 0.15) is 19.4 Å². The summed E-state index contributed by atoms with van der Waals surface area (Å²) in [6.45, 7) is 2.32. The van der Waals surface area contributed by atoms with Crippen LogP contribution in [0, 0.1) is 0 Å². The molecule has 29 heavy (non-hydrogen) atoms. The Hall–Kier alpha value is -3.52. The highest BCUT2D eigenvalue weighted by molar-refractivity contribution is 7.21. The molecular weight excluding hydrogens is 394 g/mol. The molecule has 146 valence electrons. The average Bonchev–Trinajstić information content (AvgIpc) is 3.10. The Morgan fingerprint density at radius 1 is 1.10 bits per heavy atom. The van der Waals surface area contributed by atoms with E-state index in [-0.39, 0.29) is 28.8 Å². The molecule has 7 nitrogen and oxygen atoms in total. The summed E-state index contributed by atoms with van der Waals surface area (Å²) in [7, 11) is 0. The molecule has 0 bridgehead atoms. The maximum absolute atomic E-state index is 13.1. The number of nitrogens with zero attached hydrogens (tertiary/aromatic N) is 1. The number of fused-ring (bicyclic) bond motifs is 2. The average molecular weight is 409 g/mol. The molecule has 0 spiro atoms. The summed E-state index contributed by atoms with van der Waals surface area (Å²) in [6.07, 6.45) is 1.33. The Bertz CT molecular complexity index is 1290. The van der Waals surface area contributed by atoms with Crippen molar-refractivity contribution >= 4 is 44.5 Å². The zero-order valence-electron chi connectivity index (χ0n) is 15.6. The second-order valence-electron chi connectivity index (χ2n) is 6.26. The standard InChI is InChI=1S/C21H15NO6S/c1-11(23)26-9-14-17(28-12(2)24)8-7-13-19(25)15(10-27-20(13)14)21-22-16-5-3-4-6-18(16)29-21/h3-8,10H,9H2,1-2H3. The van der Waals surface area contributed by atoms with E-state index in [1.807, 2.05) is 24.3 Å².